The predicted molar refractivity (Wildman–Crippen MR) is 81.9 cm³/mol. The highest BCUT2D eigenvalue weighted by molar-refractivity contribution is 5.20. The van der Waals surface area contributed by atoms with E-state index in [0.717, 1.165) is 17.2 Å². The highest BCUT2D eigenvalue weighted by Gasteiger charge is 2.21. The molecule has 4 heteroatoms. The van der Waals surface area contributed by atoms with Crippen molar-refractivity contribution in [2.75, 3.05) is 0 Å². The number of rotatable bonds is 3. The van der Waals surface area contributed by atoms with Crippen molar-refractivity contribution in [3.63, 3.8) is 0 Å². The molecule has 1 saturated carbocycles. The number of aryl methyl sites for hydroxylation is 2. The Morgan fingerprint density at radius 2 is 2.00 bits per heavy atom. The van der Waals surface area contributed by atoms with Crippen molar-refractivity contribution in [2.24, 2.45) is 5.92 Å². The minimum Gasteiger partial charge on any atom is -0.310 e. The Labute approximate surface area is 121 Å². The van der Waals surface area contributed by atoms with Crippen molar-refractivity contribution in [3.05, 3.63) is 27.4 Å². The maximum absolute atomic E-state index is 12.1. The maximum atomic E-state index is 12.1. The van der Waals surface area contributed by atoms with Gasteiger partial charge >= 0.3 is 0 Å². The van der Waals surface area contributed by atoms with Gasteiger partial charge in [0.05, 0.1) is 5.56 Å². The third-order valence-corrected chi connectivity index (χ3v) is 4.44. The summed E-state index contributed by atoms with van der Waals surface area (Å²) in [7, 11) is 0. The lowest BCUT2D eigenvalue weighted by Gasteiger charge is -2.22. The molecule has 0 amide bonds. The number of nitrogens with zero attached hydrogens (tertiary/aromatic N) is 1. The summed E-state index contributed by atoms with van der Waals surface area (Å²) in [6.45, 7) is 8.15. The number of hydrogen-bond acceptors (Lipinski definition) is 3. The smallest absolute Gasteiger partial charge is 0.255 e. The molecule has 1 aromatic rings. The number of aromatic nitrogens is 2. The van der Waals surface area contributed by atoms with Crippen molar-refractivity contribution in [3.8, 4) is 0 Å². The van der Waals surface area contributed by atoms with E-state index in [1.165, 1.54) is 32.1 Å². The van der Waals surface area contributed by atoms with Crippen molar-refractivity contribution < 1.29 is 0 Å². The van der Waals surface area contributed by atoms with Crippen LogP contribution < -0.4 is 10.9 Å². The third kappa shape index (κ3) is 3.69. The first-order chi connectivity index (χ1) is 9.47. The van der Waals surface area contributed by atoms with Gasteiger partial charge in [-0.05, 0) is 46.0 Å². The predicted octanol–water partition coefficient (Wildman–Crippen LogP) is 3.01. The molecule has 3 unspecified atom stereocenters. The van der Waals surface area contributed by atoms with E-state index in [0.29, 0.717) is 11.9 Å². The van der Waals surface area contributed by atoms with Gasteiger partial charge in [0, 0.05) is 17.8 Å². The van der Waals surface area contributed by atoms with Crippen LogP contribution in [0.2, 0.25) is 0 Å². The Bertz CT molecular complexity index is 509. The molecule has 0 bridgehead atoms. The molecule has 1 aliphatic carbocycles. The summed E-state index contributed by atoms with van der Waals surface area (Å²) >= 11 is 0. The third-order valence-electron chi connectivity index (χ3n) is 4.44. The Hall–Kier alpha value is -1.16. The molecule has 0 aliphatic heterocycles. The largest absolute Gasteiger partial charge is 0.310 e. The lowest BCUT2D eigenvalue weighted by molar-refractivity contribution is 0.405. The molecule has 2 rings (SSSR count). The summed E-state index contributed by atoms with van der Waals surface area (Å²) in [6.07, 6.45) is 6.32. The van der Waals surface area contributed by atoms with Gasteiger partial charge in [-0.25, -0.2) is 4.98 Å². The second-order valence-electron chi connectivity index (χ2n) is 6.35. The minimum atomic E-state index is -0.00279. The molecule has 0 aromatic carbocycles. The van der Waals surface area contributed by atoms with E-state index in [4.69, 9.17) is 0 Å². The van der Waals surface area contributed by atoms with Gasteiger partial charge in [-0.1, -0.05) is 19.8 Å². The first kappa shape index (κ1) is 15.2. The van der Waals surface area contributed by atoms with Crippen LogP contribution in [0.1, 0.15) is 69.1 Å². The number of H-pyrrole nitrogens is 1. The van der Waals surface area contributed by atoms with Crippen LogP contribution in [0.5, 0.6) is 0 Å². The van der Waals surface area contributed by atoms with Gasteiger partial charge in [0.1, 0.15) is 5.82 Å². The second-order valence-corrected chi connectivity index (χ2v) is 6.35. The fraction of sp³-hybridized carbons (Fsp3) is 0.750. The molecular weight excluding hydrogens is 250 g/mol. The van der Waals surface area contributed by atoms with Crippen LogP contribution in [0, 0.1) is 19.8 Å². The van der Waals surface area contributed by atoms with Crippen LogP contribution in [0.25, 0.3) is 0 Å². The molecule has 112 valence electrons. The van der Waals surface area contributed by atoms with Gasteiger partial charge < -0.3 is 10.3 Å². The average Bonchev–Trinajstić information content (AvgIpc) is 2.53. The molecule has 20 heavy (non-hydrogen) atoms. The standard InChI is InChI=1S/C16H27N3O/c1-10-6-5-7-14(9-8-10)18-12(3)15-11(2)17-13(4)19-16(15)20/h10,12,14,18H,5-9H2,1-4H3,(H,17,19,20). The van der Waals surface area contributed by atoms with E-state index in [1.807, 2.05) is 13.8 Å². The second kappa shape index (κ2) is 6.53. The van der Waals surface area contributed by atoms with Crippen LogP contribution in [0.3, 0.4) is 0 Å². The van der Waals surface area contributed by atoms with Crippen molar-refractivity contribution in [1.29, 1.82) is 0 Å². The summed E-state index contributed by atoms with van der Waals surface area (Å²) < 4.78 is 0. The Morgan fingerprint density at radius 1 is 1.25 bits per heavy atom. The molecule has 1 aromatic heterocycles. The fourth-order valence-corrected chi connectivity index (χ4v) is 3.34. The molecular formula is C16H27N3O. The quantitative estimate of drug-likeness (QED) is 0.835. The van der Waals surface area contributed by atoms with Crippen molar-refractivity contribution >= 4 is 0 Å². The monoisotopic (exact) mass is 277 g/mol. The number of nitrogens with one attached hydrogen (secondary N) is 2. The topological polar surface area (TPSA) is 57.8 Å². The van der Waals surface area contributed by atoms with Crippen LogP contribution in [0.15, 0.2) is 4.79 Å². The van der Waals surface area contributed by atoms with Gasteiger partial charge in [-0.2, -0.15) is 0 Å². The zero-order valence-electron chi connectivity index (χ0n) is 13.1. The van der Waals surface area contributed by atoms with Gasteiger partial charge in [0.25, 0.3) is 5.56 Å². The lowest BCUT2D eigenvalue weighted by Crippen LogP contribution is -2.35. The van der Waals surface area contributed by atoms with Gasteiger partial charge in [-0.15, -0.1) is 0 Å². The van der Waals surface area contributed by atoms with Crippen molar-refractivity contribution in [1.82, 2.24) is 15.3 Å². The van der Waals surface area contributed by atoms with Crippen LogP contribution >= 0.6 is 0 Å². The van der Waals surface area contributed by atoms with Crippen LogP contribution in [-0.2, 0) is 0 Å². The van der Waals surface area contributed by atoms with Gasteiger partial charge in [-0.3, -0.25) is 4.79 Å². The first-order valence-corrected chi connectivity index (χ1v) is 7.81. The molecule has 1 fully saturated rings. The first-order valence-electron chi connectivity index (χ1n) is 7.81. The summed E-state index contributed by atoms with van der Waals surface area (Å²) in [4.78, 5) is 19.3. The van der Waals surface area contributed by atoms with E-state index in [2.05, 4.69) is 29.1 Å². The molecule has 0 saturated heterocycles. The molecule has 1 heterocycles. The number of aromatic amines is 1. The normalized spacial score (nSPS) is 25.2. The zero-order valence-corrected chi connectivity index (χ0v) is 13.1. The van der Waals surface area contributed by atoms with E-state index >= 15 is 0 Å². The Morgan fingerprint density at radius 3 is 2.70 bits per heavy atom. The molecule has 2 N–H and O–H groups in total. The van der Waals surface area contributed by atoms with Crippen LogP contribution in [-0.4, -0.2) is 16.0 Å². The SMILES string of the molecule is Cc1nc(C)c(C(C)NC2CCCC(C)CC2)c(=O)[nH]1. The van der Waals surface area contributed by atoms with Gasteiger partial charge in [0.15, 0.2) is 0 Å². The summed E-state index contributed by atoms with van der Waals surface area (Å²) in [5.41, 5.74) is 1.62. The van der Waals surface area contributed by atoms with Crippen LogP contribution in [0.4, 0.5) is 0 Å². The molecule has 3 atom stereocenters. The van der Waals surface area contributed by atoms with E-state index in [1.54, 1.807) is 0 Å². The zero-order chi connectivity index (χ0) is 14.7. The Balaban J connectivity index is 2.08. The Kier molecular flexibility index (Phi) is 4.97. The average molecular weight is 277 g/mol. The van der Waals surface area contributed by atoms with E-state index < -0.39 is 0 Å². The maximum Gasteiger partial charge on any atom is 0.255 e. The summed E-state index contributed by atoms with van der Waals surface area (Å²) in [5, 5.41) is 3.64. The molecule has 4 nitrogen and oxygen atoms in total. The van der Waals surface area contributed by atoms with E-state index in [9.17, 15) is 4.79 Å². The highest BCUT2D eigenvalue weighted by atomic mass is 16.1. The minimum absolute atomic E-state index is 0.00279. The van der Waals surface area contributed by atoms with Crippen molar-refractivity contribution in [2.45, 2.75) is 71.9 Å². The summed E-state index contributed by atoms with van der Waals surface area (Å²) in [5.74, 6) is 1.52. The van der Waals surface area contributed by atoms with Gasteiger partial charge in [0.2, 0.25) is 0 Å². The highest BCUT2D eigenvalue weighted by Crippen LogP contribution is 2.24. The molecule has 0 radical (unpaired) electrons. The number of hydrogen-bond donors (Lipinski definition) is 2. The molecule has 0 spiro atoms. The fourth-order valence-electron chi connectivity index (χ4n) is 3.34. The lowest BCUT2D eigenvalue weighted by atomic mass is 10.0. The molecule has 1 aliphatic rings. The van der Waals surface area contributed by atoms with E-state index in [-0.39, 0.29) is 11.6 Å². The summed E-state index contributed by atoms with van der Waals surface area (Å²) in [6, 6.07) is 0.584.